The van der Waals surface area contributed by atoms with Crippen molar-refractivity contribution >= 4 is 27.2 Å². The van der Waals surface area contributed by atoms with Crippen molar-refractivity contribution in [3.8, 4) is 10.6 Å². The lowest BCUT2D eigenvalue weighted by Crippen LogP contribution is -1.88. The van der Waals surface area contributed by atoms with Gasteiger partial charge in [-0.3, -0.25) is 0 Å². The number of benzene rings is 2. The highest BCUT2D eigenvalue weighted by atomic mass is 32.1. The Morgan fingerprint density at radius 2 is 1.82 bits per heavy atom. The molecular weight excluding hydrogens is 228 g/mol. The molecule has 0 saturated carbocycles. The molecule has 0 radical (unpaired) electrons. The van der Waals surface area contributed by atoms with Gasteiger partial charge in [0.1, 0.15) is 10.5 Å². The summed E-state index contributed by atoms with van der Waals surface area (Å²) < 4.78 is 1.22. The Morgan fingerprint density at radius 3 is 2.59 bits per heavy atom. The van der Waals surface area contributed by atoms with Crippen molar-refractivity contribution < 1.29 is 0 Å². The number of fused-ring (bicyclic) bond motifs is 1. The van der Waals surface area contributed by atoms with Crippen LogP contribution in [0.1, 0.15) is 0 Å². The molecule has 0 saturated heterocycles. The number of nitrogens with zero attached hydrogens (tertiary/aromatic N) is 1. The molecule has 3 aromatic rings. The molecule has 1 aromatic heterocycles. The van der Waals surface area contributed by atoms with Gasteiger partial charge in [0.2, 0.25) is 0 Å². The van der Waals surface area contributed by atoms with E-state index in [0.29, 0.717) is 0 Å². The molecule has 0 aliphatic carbocycles. The molecule has 0 aliphatic rings. The van der Waals surface area contributed by atoms with Crippen molar-refractivity contribution in [2.45, 2.75) is 0 Å². The zero-order valence-corrected chi connectivity index (χ0v) is 10.3. The minimum atomic E-state index is 1.05. The molecule has 0 unspecified atom stereocenters. The van der Waals surface area contributed by atoms with Gasteiger partial charge in [-0.1, -0.05) is 36.4 Å². The molecule has 1 N–H and O–H groups in total. The monoisotopic (exact) mass is 240 g/mol. The molecular formula is C14H12N2S. The molecule has 3 rings (SSSR count). The van der Waals surface area contributed by atoms with Crippen molar-refractivity contribution in [1.29, 1.82) is 0 Å². The van der Waals surface area contributed by atoms with Gasteiger partial charge in [0, 0.05) is 12.6 Å². The molecule has 0 spiro atoms. The van der Waals surface area contributed by atoms with Gasteiger partial charge in [-0.05, 0) is 12.1 Å². The van der Waals surface area contributed by atoms with E-state index < -0.39 is 0 Å². The van der Waals surface area contributed by atoms with Crippen LogP contribution in [-0.2, 0) is 0 Å². The zero-order valence-electron chi connectivity index (χ0n) is 9.47. The van der Waals surface area contributed by atoms with E-state index in [-0.39, 0.29) is 0 Å². The van der Waals surface area contributed by atoms with Gasteiger partial charge in [-0.15, -0.1) is 11.3 Å². The Balaban J connectivity index is 2.20. The number of hydrogen-bond acceptors (Lipinski definition) is 3. The smallest absolute Gasteiger partial charge is 0.124 e. The summed E-state index contributed by atoms with van der Waals surface area (Å²) in [5.74, 6) is 0. The van der Waals surface area contributed by atoms with Crippen LogP contribution in [-0.4, -0.2) is 12.0 Å². The standard InChI is InChI=1S/C14H12N2S/c1-15-11-8-5-9-12-13(11)16-14(17-12)10-6-3-2-4-7-10/h2-9,15H,1H3. The fraction of sp³-hybridized carbons (Fsp3) is 0.0714. The highest BCUT2D eigenvalue weighted by Crippen LogP contribution is 2.33. The topological polar surface area (TPSA) is 24.9 Å². The maximum atomic E-state index is 4.71. The minimum absolute atomic E-state index is 1.05. The fourth-order valence-electron chi connectivity index (χ4n) is 1.85. The van der Waals surface area contributed by atoms with Gasteiger partial charge in [0.15, 0.2) is 0 Å². The predicted octanol–water partition coefficient (Wildman–Crippen LogP) is 4.01. The first-order chi connectivity index (χ1) is 8.38. The average Bonchev–Trinajstić information content (AvgIpc) is 2.83. The van der Waals surface area contributed by atoms with Crippen LogP contribution in [0.4, 0.5) is 5.69 Å². The molecule has 0 amide bonds. The normalized spacial score (nSPS) is 10.6. The second-order valence-corrected chi connectivity index (χ2v) is 4.82. The lowest BCUT2D eigenvalue weighted by atomic mass is 10.2. The largest absolute Gasteiger partial charge is 0.386 e. The van der Waals surface area contributed by atoms with Gasteiger partial charge in [-0.2, -0.15) is 0 Å². The average molecular weight is 240 g/mol. The summed E-state index contributed by atoms with van der Waals surface area (Å²) >= 11 is 1.73. The summed E-state index contributed by atoms with van der Waals surface area (Å²) in [6.07, 6.45) is 0. The van der Waals surface area contributed by atoms with E-state index in [1.807, 2.05) is 25.2 Å². The van der Waals surface area contributed by atoms with Crippen LogP contribution in [0.3, 0.4) is 0 Å². The number of aromatic nitrogens is 1. The molecule has 2 nitrogen and oxygen atoms in total. The van der Waals surface area contributed by atoms with Crippen LogP contribution in [0.2, 0.25) is 0 Å². The van der Waals surface area contributed by atoms with Crippen molar-refractivity contribution in [3.05, 3.63) is 48.5 Å². The number of rotatable bonds is 2. The summed E-state index contributed by atoms with van der Waals surface area (Å²) in [5.41, 5.74) is 3.32. The van der Waals surface area contributed by atoms with Crippen LogP contribution < -0.4 is 5.32 Å². The third kappa shape index (κ3) is 1.78. The SMILES string of the molecule is CNc1cccc2sc(-c3ccccc3)nc12. The van der Waals surface area contributed by atoms with Crippen molar-refractivity contribution in [2.24, 2.45) is 0 Å². The number of para-hydroxylation sites is 1. The third-order valence-electron chi connectivity index (χ3n) is 2.71. The lowest BCUT2D eigenvalue weighted by Gasteiger charge is -1.98. The van der Waals surface area contributed by atoms with Gasteiger partial charge in [-0.25, -0.2) is 4.98 Å². The summed E-state index contributed by atoms with van der Waals surface area (Å²) in [5, 5.41) is 4.25. The molecule has 3 heteroatoms. The van der Waals surface area contributed by atoms with Crippen molar-refractivity contribution in [1.82, 2.24) is 4.98 Å². The highest BCUT2D eigenvalue weighted by Gasteiger charge is 2.08. The first-order valence-electron chi connectivity index (χ1n) is 5.51. The summed E-state index contributed by atoms with van der Waals surface area (Å²) in [7, 11) is 1.93. The molecule has 0 fully saturated rings. The molecule has 2 aromatic carbocycles. The van der Waals surface area contributed by atoms with Gasteiger partial charge < -0.3 is 5.32 Å². The number of hydrogen-bond donors (Lipinski definition) is 1. The third-order valence-corrected chi connectivity index (χ3v) is 3.78. The Kier molecular flexibility index (Phi) is 2.53. The quantitative estimate of drug-likeness (QED) is 0.732. The van der Waals surface area contributed by atoms with Crippen LogP contribution in [0, 0.1) is 0 Å². The van der Waals surface area contributed by atoms with Crippen molar-refractivity contribution in [2.75, 3.05) is 12.4 Å². The Hall–Kier alpha value is -1.87. The Labute approximate surface area is 104 Å². The maximum Gasteiger partial charge on any atom is 0.124 e. The number of anilines is 1. The van der Waals surface area contributed by atoms with E-state index >= 15 is 0 Å². The molecule has 84 valence electrons. The Morgan fingerprint density at radius 1 is 1.00 bits per heavy atom. The van der Waals surface area contributed by atoms with Gasteiger partial charge in [0.25, 0.3) is 0 Å². The van der Waals surface area contributed by atoms with Crippen LogP contribution in [0.5, 0.6) is 0 Å². The Bertz CT molecular complexity index is 644. The summed E-state index contributed by atoms with van der Waals surface area (Å²) in [6, 6.07) is 16.5. The van der Waals surface area contributed by atoms with Crippen molar-refractivity contribution in [3.63, 3.8) is 0 Å². The molecule has 17 heavy (non-hydrogen) atoms. The number of thiazole rings is 1. The van der Waals surface area contributed by atoms with E-state index in [1.165, 1.54) is 10.3 Å². The van der Waals surface area contributed by atoms with Gasteiger partial charge >= 0.3 is 0 Å². The minimum Gasteiger partial charge on any atom is -0.386 e. The lowest BCUT2D eigenvalue weighted by molar-refractivity contribution is 1.45. The predicted molar refractivity (Wildman–Crippen MR) is 74.6 cm³/mol. The van der Waals surface area contributed by atoms with Gasteiger partial charge in [0.05, 0.1) is 10.4 Å². The second kappa shape index (κ2) is 4.18. The van der Waals surface area contributed by atoms with E-state index in [0.717, 1.165) is 16.2 Å². The molecule has 0 aliphatic heterocycles. The van der Waals surface area contributed by atoms with E-state index in [2.05, 4.69) is 35.6 Å². The van der Waals surface area contributed by atoms with E-state index in [1.54, 1.807) is 11.3 Å². The highest BCUT2D eigenvalue weighted by molar-refractivity contribution is 7.21. The van der Waals surface area contributed by atoms with E-state index in [4.69, 9.17) is 4.98 Å². The van der Waals surface area contributed by atoms with E-state index in [9.17, 15) is 0 Å². The first kappa shape index (κ1) is 10.3. The fourth-order valence-corrected chi connectivity index (χ4v) is 2.85. The first-order valence-corrected chi connectivity index (χ1v) is 6.33. The van der Waals surface area contributed by atoms with Crippen LogP contribution >= 0.6 is 11.3 Å². The number of nitrogens with one attached hydrogen (secondary N) is 1. The second-order valence-electron chi connectivity index (χ2n) is 3.79. The summed E-state index contributed by atoms with van der Waals surface area (Å²) in [6.45, 7) is 0. The zero-order chi connectivity index (χ0) is 11.7. The van der Waals surface area contributed by atoms with Crippen LogP contribution in [0.25, 0.3) is 20.8 Å². The molecule has 0 bridgehead atoms. The molecule has 1 heterocycles. The molecule has 0 atom stereocenters. The maximum absolute atomic E-state index is 4.71. The van der Waals surface area contributed by atoms with Crippen LogP contribution in [0.15, 0.2) is 48.5 Å². The summed E-state index contributed by atoms with van der Waals surface area (Å²) in [4.78, 5) is 4.71.